The average molecular weight is 323 g/mol. The van der Waals surface area contributed by atoms with Crippen molar-refractivity contribution >= 4 is 34.7 Å². The number of aromatic amines is 1. The van der Waals surface area contributed by atoms with Crippen LogP contribution in [0.15, 0.2) is 23.0 Å². The van der Waals surface area contributed by atoms with Gasteiger partial charge in [-0.15, -0.1) is 0 Å². The third-order valence-corrected chi connectivity index (χ3v) is 5.42. The Balaban J connectivity index is 2.23. The highest BCUT2D eigenvalue weighted by Crippen LogP contribution is 2.37. The molecule has 1 aromatic carbocycles. The van der Waals surface area contributed by atoms with Crippen LogP contribution >= 0.6 is 23.8 Å². The first-order chi connectivity index (χ1) is 9.99. The van der Waals surface area contributed by atoms with Gasteiger partial charge in [0.15, 0.2) is 4.77 Å². The Labute approximate surface area is 133 Å². The van der Waals surface area contributed by atoms with Crippen LogP contribution in [0.1, 0.15) is 39.2 Å². The van der Waals surface area contributed by atoms with Gasteiger partial charge in [0.1, 0.15) is 0 Å². The van der Waals surface area contributed by atoms with Gasteiger partial charge in [-0.05, 0) is 48.7 Å². The van der Waals surface area contributed by atoms with Crippen molar-refractivity contribution in [1.82, 2.24) is 9.55 Å². The standard InChI is InChI=1S/C16H19ClN2OS/c1-9-4-3-5-14(10(9)2)19-15(20)12-8-11(17)6-7-13(12)18-16(19)21/h6-10,14H,3-5H2,1-2H3,(H,18,21)/t9-,10+,14-/m1/s1. The first-order valence-electron chi connectivity index (χ1n) is 7.43. The van der Waals surface area contributed by atoms with Gasteiger partial charge in [0.05, 0.1) is 10.9 Å². The number of hydrogen-bond acceptors (Lipinski definition) is 2. The summed E-state index contributed by atoms with van der Waals surface area (Å²) in [5.41, 5.74) is 0.726. The molecule has 0 bridgehead atoms. The summed E-state index contributed by atoms with van der Waals surface area (Å²) >= 11 is 11.5. The first kappa shape index (κ1) is 14.8. The summed E-state index contributed by atoms with van der Waals surface area (Å²) in [6.07, 6.45) is 3.38. The minimum absolute atomic E-state index is 0.0257. The van der Waals surface area contributed by atoms with Crippen LogP contribution in [-0.2, 0) is 0 Å². The van der Waals surface area contributed by atoms with E-state index in [1.807, 2.05) is 6.07 Å². The molecule has 1 aliphatic rings. The normalized spacial score (nSPS) is 26.1. The number of hydrogen-bond donors (Lipinski definition) is 1. The van der Waals surface area contributed by atoms with E-state index in [1.165, 1.54) is 6.42 Å². The van der Waals surface area contributed by atoms with E-state index in [9.17, 15) is 4.79 Å². The number of rotatable bonds is 1. The number of benzene rings is 1. The van der Waals surface area contributed by atoms with Gasteiger partial charge in [0, 0.05) is 11.1 Å². The summed E-state index contributed by atoms with van der Waals surface area (Å²) in [6, 6.07) is 5.47. The van der Waals surface area contributed by atoms with Gasteiger partial charge in [-0.2, -0.15) is 0 Å². The lowest BCUT2D eigenvalue weighted by molar-refractivity contribution is 0.181. The Morgan fingerprint density at radius 2 is 2.10 bits per heavy atom. The Bertz CT molecular complexity index is 795. The smallest absolute Gasteiger partial charge is 0.262 e. The fraction of sp³-hybridized carbons (Fsp3) is 0.500. The molecule has 1 fully saturated rings. The second-order valence-electron chi connectivity index (χ2n) is 6.13. The van der Waals surface area contributed by atoms with Gasteiger partial charge in [-0.25, -0.2) is 0 Å². The molecule has 1 aromatic heterocycles. The SMILES string of the molecule is C[C@H]1[C@H](C)CCC[C@H]1n1c(=S)[nH]c2ccc(Cl)cc2c1=O. The van der Waals surface area contributed by atoms with Crippen LogP contribution in [0.4, 0.5) is 0 Å². The van der Waals surface area contributed by atoms with E-state index in [1.54, 1.807) is 16.7 Å². The summed E-state index contributed by atoms with van der Waals surface area (Å²) in [6.45, 7) is 4.48. The molecule has 2 aromatic rings. The zero-order chi connectivity index (χ0) is 15.1. The monoisotopic (exact) mass is 322 g/mol. The summed E-state index contributed by atoms with van der Waals surface area (Å²) in [5.74, 6) is 1.06. The minimum Gasteiger partial charge on any atom is -0.332 e. The molecule has 0 spiro atoms. The maximum atomic E-state index is 12.9. The van der Waals surface area contributed by atoms with Crippen molar-refractivity contribution in [3.05, 3.63) is 38.3 Å². The van der Waals surface area contributed by atoms with Gasteiger partial charge < -0.3 is 4.98 Å². The number of H-pyrrole nitrogens is 1. The first-order valence-corrected chi connectivity index (χ1v) is 8.21. The van der Waals surface area contributed by atoms with E-state index in [-0.39, 0.29) is 11.6 Å². The van der Waals surface area contributed by atoms with E-state index in [2.05, 4.69) is 18.8 Å². The van der Waals surface area contributed by atoms with Gasteiger partial charge in [0.25, 0.3) is 5.56 Å². The summed E-state index contributed by atoms with van der Waals surface area (Å²) < 4.78 is 2.29. The summed E-state index contributed by atoms with van der Waals surface area (Å²) in [7, 11) is 0. The number of aromatic nitrogens is 2. The number of nitrogens with zero attached hydrogens (tertiary/aromatic N) is 1. The molecule has 112 valence electrons. The van der Waals surface area contributed by atoms with Gasteiger partial charge in [-0.1, -0.05) is 38.3 Å². The highest BCUT2D eigenvalue weighted by atomic mass is 35.5. The molecule has 0 unspecified atom stereocenters. The van der Waals surface area contributed by atoms with Crippen molar-refractivity contribution < 1.29 is 0 Å². The van der Waals surface area contributed by atoms with Crippen LogP contribution < -0.4 is 5.56 Å². The third-order valence-electron chi connectivity index (χ3n) is 4.89. The van der Waals surface area contributed by atoms with Crippen molar-refractivity contribution in [3.63, 3.8) is 0 Å². The zero-order valence-corrected chi connectivity index (χ0v) is 13.8. The van der Waals surface area contributed by atoms with Crippen LogP contribution in [0, 0.1) is 16.6 Å². The topological polar surface area (TPSA) is 37.8 Å². The zero-order valence-electron chi connectivity index (χ0n) is 12.2. The highest BCUT2D eigenvalue weighted by Gasteiger charge is 2.29. The molecule has 3 rings (SSSR count). The van der Waals surface area contributed by atoms with Crippen molar-refractivity contribution in [2.45, 2.75) is 39.2 Å². The predicted molar refractivity (Wildman–Crippen MR) is 89.6 cm³/mol. The van der Waals surface area contributed by atoms with Gasteiger partial charge >= 0.3 is 0 Å². The number of halogens is 1. The fourth-order valence-electron chi connectivity index (χ4n) is 3.42. The van der Waals surface area contributed by atoms with Crippen LogP contribution in [0.25, 0.3) is 10.9 Å². The van der Waals surface area contributed by atoms with E-state index in [0.717, 1.165) is 18.4 Å². The quantitative estimate of drug-likeness (QED) is 0.772. The third kappa shape index (κ3) is 2.55. The Morgan fingerprint density at radius 1 is 1.33 bits per heavy atom. The Kier molecular flexibility index (Phi) is 3.93. The number of fused-ring (bicyclic) bond motifs is 1. The molecule has 3 nitrogen and oxygen atoms in total. The molecule has 1 aliphatic carbocycles. The van der Waals surface area contributed by atoms with Crippen molar-refractivity contribution in [3.8, 4) is 0 Å². The van der Waals surface area contributed by atoms with Crippen LogP contribution in [-0.4, -0.2) is 9.55 Å². The molecule has 1 N–H and O–H groups in total. The van der Waals surface area contributed by atoms with Gasteiger partial charge in [-0.3, -0.25) is 9.36 Å². The van der Waals surface area contributed by atoms with Crippen molar-refractivity contribution in [2.24, 2.45) is 11.8 Å². The van der Waals surface area contributed by atoms with Crippen LogP contribution in [0.5, 0.6) is 0 Å². The lowest BCUT2D eigenvalue weighted by atomic mass is 9.78. The predicted octanol–water partition coefficient (Wildman–Crippen LogP) is 4.71. The molecular formula is C16H19ClN2OS. The Hall–Kier alpha value is -1.13. The maximum absolute atomic E-state index is 12.9. The molecule has 0 aliphatic heterocycles. The molecule has 5 heteroatoms. The summed E-state index contributed by atoms with van der Waals surface area (Å²) in [5, 5.41) is 1.18. The van der Waals surface area contributed by atoms with Crippen molar-refractivity contribution in [1.29, 1.82) is 0 Å². The highest BCUT2D eigenvalue weighted by molar-refractivity contribution is 7.71. The summed E-state index contributed by atoms with van der Waals surface area (Å²) in [4.78, 5) is 16.0. The second-order valence-corrected chi connectivity index (χ2v) is 6.95. The van der Waals surface area contributed by atoms with E-state index < -0.39 is 0 Å². The van der Waals surface area contributed by atoms with Crippen molar-refractivity contribution in [2.75, 3.05) is 0 Å². The van der Waals surface area contributed by atoms with E-state index >= 15 is 0 Å². The molecule has 21 heavy (non-hydrogen) atoms. The lowest BCUT2D eigenvalue weighted by Gasteiger charge is -2.35. The molecule has 0 radical (unpaired) electrons. The molecule has 1 saturated carbocycles. The van der Waals surface area contributed by atoms with E-state index in [0.29, 0.717) is 27.0 Å². The Morgan fingerprint density at radius 3 is 2.86 bits per heavy atom. The van der Waals surface area contributed by atoms with Crippen LogP contribution in [0.2, 0.25) is 5.02 Å². The largest absolute Gasteiger partial charge is 0.332 e. The molecule has 0 amide bonds. The van der Waals surface area contributed by atoms with Gasteiger partial charge in [0.2, 0.25) is 0 Å². The average Bonchev–Trinajstić information content (AvgIpc) is 2.44. The number of nitrogens with one attached hydrogen (secondary N) is 1. The second kappa shape index (κ2) is 5.58. The minimum atomic E-state index is -0.0257. The van der Waals surface area contributed by atoms with E-state index in [4.69, 9.17) is 23.8 Å². The lowest BCUT2D eigenvalue weighted by Crippen LogP contribution is -2.34. The molecular weight excluding hydrogens is 304 g/mol. The fourth-order valence-corrected chi connectivity index (χ4v) is 3.92. The van der Waals surface area contributed by atoms with Crippen LogP contribution in [0.3, 0.4) is 0 Å². The maximum Gasteiger partial charge on any atom is 0.262 e. The molecule has 0 saturated heterocycles. The molecule has 3 atom stereocenters. The molecule has 1 heterocycles.